The lowest BCUT2D eigenvalue weighted by Gasteiger charge is -2.33. The zero-order valence-electron chi connectivity index (χ0n) is 18.6. The molecule has 0 spiro atoms. The zero-order chi connectivity index (χ0) is 22.5. The van der Waals surface area contributed by atoms with Crippen LogP contribution < -0.4 is 24.4 Å². The molecule has 8 heteroatoms. The van der Waals surface area contributed by atoms with Crippen molar-refractivity contribution in [1.82, 2.24) is 15.5 Å². The summed E-state index contributed by atoms with van der Waals surface area (Å²) in [5.41, 5.74) is 2.47. The Hall–Kier alpha value is -3.68. The molecular weight excluding hydrogens is 408 g/mol. The zero-order valence-corrected chi connectivity index (χ0v) is 18.6. The van der Waals surface area contributed by atoms with Gasteiger partial charge in [0.25, 0.3) is 5.91 Å². The van der Waals surface area contributed by atoms with Gasteiger partial charge in [-0.15, -0.1) is 0 Å². The normalized spacial score (nSPS) is 15.8. The van der Waals surface area contributed by atoms with Crippen LogP contribution in [0.4, 0.5) is 5.82 Å². The summed E-state index contributed by atoms with van der Waals surface area (Å²) >= 11 is 0. The van der Waals surface area contributed by atoms with Crippen molar-refractivity contribution in [2.45, 2.75) is 18.9 Å². The minimum Gasteiger partial charge on any atom is -0.497 e. The number of hydrogen-bond acceptors (Lipinski definition) is 6. The van der Waals surface area contributed by atoms with Crippen LogP contribution in [0.3, 0.4) is 0 Å². The Labute approximate surface area is 187 Å². The van der Waals surface area contributed by atoms with Crippen LogP contribution in [0.25, 0.3) is 11.3 Å². The van der Waals surface area contributed by atoms with Gasteiger partial charge in [-0.2, -0.15) is 5.10 Å². The fourth-order valence-electron chi connectivity index (χ4n) is 3.94. The Morgan fingerprint density at radius 2 is 1.78 bits per heavy atom. The molecule has 168 valence electrons. The average Bonchev–Trinajstić information content (AvgIpc) is 3.34. The topological polar surface area (TPSA) is 88.7 Å². The molecular formula is C24H28N4O4. The van der Waals surface area contributed by atoms with E-state index in [0.717, 1.165) is 42.2 Å². The second kappa shape index (κ2) is 9.64. The van der Waals surface area contributed by atoms with E-state index in [9.17, 15) is 4.79 Å². The maximum absolute atomic E-state index is 12.9. The first-order chi connectivity index (χ1) is 15.6. The van der Waals surface area contributed by atoms with Crippen LogP contribution in [0.5, 0.6) is 17.2 Å². The summed E-state index contributed by atoms with van der Waals surface area (Å²) in [7, 11) is 4.78. The molecule has 0 saturated carbocycles. The summed E-state index contributed by atoms with van der Waals surface area (Å²) in [5, 5.41) is 10.8. The van der Waals surface area contributed by atoms with E-state index in [1.54, 1.807) is 39.5 Å². The molecule has 2 aromatic carbocycles. The number of carbonyl (C=O) groups excluding carboxylic acids is 1. The number of rotatable bonds is 7. The van der Waals surface area contributed by atoms with Crippen molar-refractivity contribution in [3.05, 3.63) is 54.1 Å². The number of benzene rings is 2. The maximum Gasteiger partial charge on any atom is 0.255 e. The van der Waals surface area contributed by atoms with Crippen LogP contribution >= 0.6 is 0 Å². The Kier molecular flexibility index (Phi) is 6.49. The minimum absolute atomic E-state index is 0.0178. The lowest BCUT2D eigenvalue weighted by atomic mass is 10.0. The SMILES string of the molecule is COc1ccc(-c2cc(N3CCC[C@H](NC(=O)c4ccc(OC)cc4OC)C3)n[nH]2)cc1. The maximum atomic E-state index is 12.9. The number of nitrogens with zero attached hydrogens (tertiary/aromatic N) is 2. The van der Waals surface area contributed by atoms with Crippen LogP contribution in [0, 0.1) is 0 Å². The number of ether oxygens (including phenoxy) is 3. The average molecular weight is 437 g/mol. The van der Waals surface area contributed by atoms with Crippen LogP contribution in [0.15, 0.2) is 48.5 Å². The number of nitrogens with one attached hydrogen (secondary N) is 2. The van der Waals surface area contributed by atoms with E-state index in [1.807, 2.05) is 30.3 Å². The first-order valence-electron chi connectivity index (χ1n) is 10.6. The highest BCUT2D eigenvalue weighted by Gasteiger charge is 2.25. The highest BCUT2D eigenvalue weighted by atomic mass is 16.5. The van der Waals surface area contributed by atoms with Crippen molar-refractivity contribution in [3.8, 4) is 28.5 Å². The van der Waals surface area contributed by atoms with Crippen molar-refractivity contribution in [2.75, 3.05) is 39.3 Å². The highest BCUT2D eigenvalue weighted by molar-refractivity contribution is 5.97. The molecule has 1 aliphatic rings. The molecule has 1 fully saturated rings. The van der Waals surface area contributed by atoms with Crippen LogP contribution in [0.1, 0.15) is 23.2 Å². The van der Waals surface area contributed by atoms with E-state index in [0.29, 0.717) is 23.6 Å². The smallest absolute Gasteiger partial charge is 0.255 e. The molecule has 1 aliphatic heterocycles. The van der Waals surface area contributed by atoms with Gasteiger partial charge in [0.2, 0.25) is 0 Å². The molecule has 2 heterocycles. The first-order valence-corrected chi connectivity index (χ1v) is 10.6. The number of H-pyrrole nitrogens is 1. The van der Waals surface area contributed by atoms with E-state index in [2.05, 4.69) is 20.4 Å². The number of hydrogen-bond donors (Lipinski definition) is 2. The fraction of sp³-hybridized carbons (Fsp3) is 0.333. The molecule has 2 N–H and O–H groups in total. The molecule has 4 rings (SSSR count). The van der Waals surface area contributed by atoms with E-state index >= 15 is 0 Å². The van der Waals surface area contributed by atoms with Crippen LogP contribution in [-0.4, -0.2) is 56.6 Å². The number of amides is 1. The molecule has 3 aromatic rings. The number of aromatic nitrogens is 2. The second-order valence-corrected chi connectivity index (χ2v) is 7.69. The van der Waals surface area contributed by atoms with Gasteiger partial charge in [-0.3, -0.25) is 9.89 Å². The number of piperidine rings is 1. The van der Waals surface area contributed by atoms with Gasteiger partial charge in [-0.25, -0.2) is 0 Å². The predicted molar refractivity (Wildman–Crippen MR) is 123 cm³/mol. The van der Waals surface area contributed by atoms with E-state index in [1.165, 1.54) is 0 Å². The Bertz CT molecular complexity index is 1060. The second-order valence-electron chi connectivity index (χ2n) is 7.69. The Morgan fingerprint density at radius 1 is 1.03 bits per heavy atom. The predicted octanol–water partition coefficient (Wildman–Crippen LogP) is 3.50. The third kappa shape index (κ3) is 4.64. The monoisotopic (exact) mass is 436 g/mol. The van der Waals surface area contributed by atoms with Gasteiger partial charge in [-0.1, -0.05) is 0 Å². The lowest BCUT2D eigenvalue weighted by molar-refractivity contribution is 0.0930. The molecule has 0 aliphatic carbocycles. The van der Waals surface area contributed by atoms with E-state index in [4.69, 9.17) is 14.2 Å². The van der Waals surface area contributed by atoms with Gasteiger partial charge >= 0.3 is 0 Å². The number of carbonyl (C=O) groups is 1. The van der Waals surface area contributed by atoms with Crippen molar-refractivity contribution >= 4 is 11.7 Å². The van der Waals surface area contributed by atoms with Gasteiger partial charge in [-0.05, 0) is 54.8 Å². The highest BCUT2D eigenvalue weighted by Crippen LogP contribution is 2.27. The quantitative estimate of drug-likeness (QED) is 0.589. The first kappa shape index (κ1) is 21.5. The van der Waals surface area contributed by atoms with Gasteiger partial charge in [0.05, 0.1) is 32.6 Å². The third-order valence-corrected chi connectivity index (χ3v) is 5.70. The molecule has 1 aromatic heterocycles. The molecule has 0 radical (unpaired) electrons. The lowest BCUT2D eigenvalue weighted by Crippen LogP contribution is -2.48. The largest absolute Gasteiger partial charge is 0.497 e. The Balaban J connectivity index is 1.42. The summed E-state index contributed by atoms with van der Waals surface area (Å²) in [6.07, 6.45) is 1.88. The summed E-state index contributed by atoms with van der Waals surface area (Å²) in [6, 6.07) is 15.1. The van der Waals surface area contributed by atoms with Crippen molar-refractivity contribution in [3.63, 3.8) is 0 Å². The van der Waals surface area contributed by atoms with Crippen LogP contribution in [-0.2, 0) is 0 Å². The standard InChI is InChI=1S/C24H28N4O4/c1-30-18-8-6-16(7-9-18)21-14-23(27-26-21)28-12-4-5-17(15-28)25-24(29)20-11-10-19(31-2)13-22(20)32-3/h6-11,13-14,17H,4-5,12,15H2,1-3H3,(H,25,29)(H,26,27)/t17-/m0/s1. The molecule has 1 atom stereocenters. The van der Waals surface area contributed by atoms with Gasteiger partial charge in [0.15, 0.2) is 5.82 Å². The Morgan fingerprint density at radius 3 is 2.50 bits per heavy atom. The minimum atomic E-state index is -0.155. The van der Waals surface area contributed by atoms with Crippen molar-refractivity contribution in [2.24, 2.45) is 0 Å². The van der Waals surface area contributed by atoms with Crippen molar-refractivity contribution < 1.29 is 19.0 Å². The van der Waals surface area contributed by atoms with Gasteiger partial charge in [0.1, 0.15) is 17.2 Å². The number of methoxy groups -OCH3 is 3. The molecule has 32 heavy (non-hydrogen) atoms. The van der Waals surface area contributed by atoms with Crippen molar-refractivity contribution in [1.29, 1.82) is 0 Å². The molecule has 1 amide bonds. The van der Waals surface area contributed by atoms with E-state index < -0.39 is 0 Å². The molecule has 0 bridgehead atoms. The fourth-order valence-corrected chi connectivity index (χ4v) is 3.94. The summed E-state index contributed by atoms with van der Waals surface area (Å²) < 4.78 is 15.8. The number of aromatic amines is 1. The summed E-state index contributed by atoms with van der Waals surface area (Å²) in [6.45, 7) is 1.59. The van der Waals surface area contributed by atoms with Gasteiger partial charge in [0, 0.05) is 31.3 Å². The van der Waals surface area contributed by atoms with Gasteiger partial charge < -0.3 is 24.4 Å². The number of anilines is 1. The van der Waals surface area contributed by atoms with E-state index in [-0.39, 0.29) is 11.9 Å². The molecule has 0 unspecified atom stereocenters. The summed E-state index contributed by atoms with van der Waals surface area (Å²) in [5.74, 6) is 2.67. The summed E-state index contributed by atoms with van der Waals surface area (Å²) in [4.78, 5) is 15.1. The molecule has 1 saturated heterocycles. The van der Waals surface area contributed by atoms with Crippen LogP contribution in [0.2, 0.25) is 0 Å². The third-order valence-electron chi connectivity index (χ3n) is 5.70. The molecule has 8 nitrogen and oxygen atoms in total.